The second kappa shape index (κ2) is 8.75. The van der Waals surface area contributed by atoms with Gasteiger partial charge in [-0.25, -0.2) is 9.97 Å². The molecule has 1 fully saturated rings. The van der Waals surface area contributed by atoms with E-state index in [-0.39, 0.29) is 10.7 Å². The topological polar surface area (TPSA) is 109 Å². The monoisotopic (exact) mass is 484 g/mol. The Morgan fingerprint density at radius 1 is 1.24 bits per heavy atom. The van der Waals surface area contributed by atoms with Crippen LogP contribution in [0, 0.1) is 0 Å². The molecule has 0 saturated carbocycles. The summed E-state index contributed by atoms with van der Waals surface area (Å²) in [6.45, 7) is 1.17. The third kappa shape index (κ3) is 3.97. The molecule has 2 aromatic heterocycles. The fraction of sp³-hybridized carbons (Fsp3) is 0.261. The zero-order valence-corrected chi connectivity index (χ0v) is 19.3. The molecule has 0 atom stereocenters. The average Bonchev–Trinajstić information content (AvgIpc) is 3.55. The SMILES string of the molecule is COc1c(Nc2cc(Cl)ncc2C(N)=O)cccc1-c1cnc(C2=CCCC23OCCO3)s1. The number of carbonyl (C=O) groups is 1. The number of methoxy groups -OCH3 is 1. The van der Waals surface area contributed by atoms with E-state index < -0.39 is 11.7 Å². The number of pyridine rings is 1. The number of benzene rings is 1. The third-order valence-corrected chi connectivity index (χ3v) is 6.88. The van der Waals surface area contributed by atoms with Crippen molar-refractivity contribution in [3.8, 4) is 16.2 Å². The number of primary amides is 1. The lowest BCUT2D eigenvalue weighted by Crippen LogP contribution is -2.28. The molecule has 1 saturated heterocycles. The number of para-hydroxylation sites is 1. The number of halogens is 1. The number of carbonyl (C=O) groups excluding carboxylic acids is 1. The first-order chi connectivity index (χ1) is 16.0. The molecule has 33 heavy (non-hydrogen) atoms. The van der Waals surface area contributed by atoms with Crippen LogP contribution in [0.5, 0.6) is 5.75 Å². The molecule has 0 radical (unpaired) electrons. The normalized spacial score (nSPS) is 16.7. The summed E-state index contributed by atoms with van der Waals surface area (Å²) in [6.07, 6.45) is 7.00. The molecule has 1 spiro atoms. The van der Waals surface area contributed by atoms with Crippen LogP contribution in [0.3, 0.4) is 0 Å². The number of ether oxygens (including phenoxy) is 3. The van der Waals surface area contributed by atoms with Gasteiger partial charge in [-0.1, -0.05) is 23.7 Å². The molecular weight excluding hydrogens is 464 g/mol. The number of nitrogens with zero attached hydrogens (tertiary/aromatic N) is 2. The summed E-state index contributed by atoms with van der Waals surface area (Å²) >= 11 is 7.58. The number of aromatic nitrogens is 2. The van der Waals surface area contributed by atoms with E-state index in [1.165, 1.54) is 6.20 Å². The van der Waals surface area contributed by atoms with Gasteiger partial charge < -0.3 is 25.3 Å². The van der Waals surface area contributed by atoms with Gasteiger partial charge in [-0.15, -0.1) is 11.3 Å². The minimum absolute atomic E-state index is 0.224. The Bertz CT molecular complexity index is 1250. The fourth-order valence-electron chi connectivity index (χ4n) is 4.15. The Morgan fingerprint density at radius 3 is 2.82 bits per heavy atom. The standard InChI is InChI=1S/C23H21ClN4O4S/c1-30-20-13(4-2-6-16(20)28-17-10-19(24)26-11-14(17)21(25)29)18-12-27-22(33-18)15-5-3-7-23(15)31-8-9-32-23/h2,4-6,10-12H,3,7-9H2,1H3,(H2,25,29)(H,26,28). The molecule has 3 heterocycles. The number of nitrogens with two attached hydrogens (primary N) is 1. The Labute approximate surface area is 199 Å². The summed E-state index contributed by atoms with van der Waals surface area (Å²) in [5, 5.41) is 4.31. The van der Waals surface area contributed by atoms with Crippen molar-refractivity contribution in [2.24, 2.45) is 5.73 Å². The lowest BCUT2D eigenvalue weighted by Gasteiger charge is -2.24. The highest BCUT2D eigenvalue weighted by molar-refractivity contribution is 7.16. The van der Waals surface area contributed by atoms with Gasteiger partial charge >= 0.3 is 0 Å². The van der Waals surface area contributed by atoms with E-state index in [9.17, 15) is 4.79 Å². The smallest absolute Gasteiger partial charge is 0.252 e. The summed E-state index contributed by atoms with van der Waals surface area (Å²) in [5.41, 5.74) is 8.65. The number of thiazole rings is 1. The van der Waals surface area contributed by atoms with Crippen LogP contribution < -0.4 is 15.8 Å². The predicted octanol–water partition coefficient (Wildman–Crippen LogP) is 4.63. The first-order valence-electron chi connectivity index (χ1n) is 10.4. The quantitative estimate of drug-likeness (QED) is 0.491. The molecule has 3 N–H and O–H groups in total. The second-order valence-electron chi connectivity index (χ2n) is 7.56. The van der Waals surface area contributed by atoms with Crippen molar-refractivity contribution >= 4 is 45.8 Å². The Kier molecular flexibility index (Phi) is 5.79. The zero-order valence-electron chi connectivity index (χ0n) is 17.8. The molecule has 170 valence electrons. The van der Waals surface area contributed by atoms with E-state index >= 15 is 0 Å². The Morgan fingerprint density at radius 2 is 2.06 bits per heavy atom. The molecule has 0 unspecified atom stereocenters. The van der Waals surface area contributed by atoms with E-state index in [0.717, 1.165) is 33.9 Å². The van der Waals surface area contributed by atoms with Crippen LogP contribution in [0.25, 0.3) is 16.0 Å². The summed E-state index contributed by atoms with van der Waals surface area (Å²) in [5.74, 6) is -0.687. The minimum atomic E-state index is -0.672. The molecule has 3 aromatic rings. The maximum absolute atomic E-state index is 11.8. The second-order valence-corrected chi connectivity index (χ2v) is 8.98. The lowest BCUT2D eigenvalue weighted by atomic mass is 10.1. The number of allylic oxidation sites excluding steroid dienone is 1. The molecule has 2 aliphatic rings. The van der Waals surface area contributed by atoms with Gasteiger partial charge in [0.05, 0.1) is 42.1 Å². The van der Waals surface area contributed by atoms with E-state index in [1.807, 2.05) is 24.4 Å². The zero-order chi connectivity index (χ0) is 23.0. The number of rotatable bonds is 6. The summed E-state index contributed by atoms with van der Waals surface area (Å²) < 4.78 is 17.6. The highest BCUT2D eigenvalue weighted by Crippen LogP contribution is 2.47. The highest BCUT2D eigenvalue weighted by Gasteiger charge is 2.44. The van der Waals surface area contributed by atoms with Crippen molar-refractivity contribution in [2.75, 3.05) is 25.6 Å². The van der Waals surface area contributed by atoms with Crippen LogP contribution >= 0.6 is 22.9 Å². The number of anilines is 2. The average molecular weight is 485 g/mol. The number of hydrogen-bond donors (Lipinski definition) is 2. The van der Waals surface area contributed by atoms with Gasteiger partial charge in [-0.3, -0.25) is 4.79 Å². The Hall–Kier alpha value is -2.98. The maximum Gasteiger partial charge on any atom is 0.252 e. The van der Waals surface area contributed by atoms with E-state index in [1.54, 1.807) is 24.5 Å². The van der Waals surface area contributed by atoms with E-state index in [4.69, 9.17) is 31.5 Å². The first kappa shape index (κ1) is 21.8. The molecule has 10 heteroatoms. The van der Waals surface area contributed by atoms with Crippen LogP contribution in [0.1, 0.15) is 28.2 Å². The van der Waals surface area contributed by atoms with Crippen molar-refractivity contribution < 1.29 is 19.0 Å². The van der Waals surface area contributed by atoms with Crippen LogP contribution in [0.15, 0.2) is 42.7 Å². The van der Waals surface area contributed by atoms with Gasteiger partial charge in [0.15, 0.2) is 11.5 Å². The Balaban J connectivity index is 1.50. The lowest BCUT2D eigenvalue weighted by molar-refractivity contribution is -0.106. The van der Waals surface area contributed by atoms with Gasteiger partial charge in [0.25, 0.3) is 5.91 Å². The summed E-state index contributed by atoms with van der Waals surface area (Å²) in [7, 11) is 1.59. The van der Waals surface area contributed by atoms with Crippen LogP contribution in [0.4, 0.5) is 11.4 Å². The molecule has 1 amide bonds. The van der Waals surface area contributed by atoms with Gasteiger partial charge in [-0.2, -0.15) is 0 Å². The van der Waals surface area contributed by atoms with Gasteiger partial charge in [-0.05, 0) is 24.6 Å². The van der Waals surface area contributed by atoms with Crippen LogP contribution in [0.2, 0.25) is 5.15 Å². The molecule has 1 aliphatic heterocycles. The summed E-state index contributed by atoms with van der Waals surface area (Å²) in [6, 6.07) is 7.24. The maximum atomic E-state index is 11.8. The van der Waals surface area contributed by atoms with Crippen molar-refractivity contribution in [1.82, 2.24) is 9.97 Å². The van der Waals surface area contributed by atoms with Crippen LogP contribution in [-0.4, -0.2) is 42.0 Å². The third-order valence-electron chi connectivity index (χ3n) is 5.61. The molecule has 8 nitrogen and oxygen atoms in total. The van der Waals surface area contributed by atoms with Crippen LogP contribution in [-0.2, 0) is 9.47 Å². The number of hydrogen-bond acceptors (Lipinski definition) is 8. The van der Waals surface area contributed by atoms with Gasteiger partial charge in [0.2, 0.25) is 0 Å². The van der Waals surface area contributed by atoms with E-state index in [2.05, 4.69) is 21.4 Å². The first-order valence-corrected chi connectivity index (χ1v) is 11.5. The van der Waals surface area contributed by atoms with E-state index in [0.29, 0.717) is 30.3 Å². The molecule has 5 rings (SSSR count). The molecule has 1 aromatic carbocycles. The number of nitrogens with one attached hydrogen (secondary N) is 1. The van der Waals surface area contributed by atoms with Gasteiger partial charge in [0, 0.05) is 30.0 Å². The number of amides is 1. The van der Waals surface area contributed by atoms with Crippen molar-refractivity contribution in [3.63, 3.8) is 0 Å². The van der Waals surface area contributed by atoms with Crippen molar-refractivity contribution in [3.05, 3.63) is 58.5 Å². The predicted molar refractivity (Wildman–Crippen MR) is 127 cm³/mol. The van der Waals surface area contributed by atoms with Crippen molar-refractivity contribution in [1.29, 1.82) is 0 Å². The molecule has 1 aliphatic carbocycles. The fourth-order valence-corrected chi connectivity index (χ4v) is 5.35. The highest BCUT2D eigenvalue weighted by atomic mass is 35.5. The minimum Gasteiger partial charge on any atom is -0.494 e. The molecule has 0 bridgehead atoms. The molecular formula is C23H21ClN4O4S. The largest absolute Gasteiger partial charge is 0.494 e. The summed E-state index contributed by atoms with van der Waals surface area (Å²) in [4.78, 5) is 21.4. The van der Waals surface area contributed by atoms with Crippen molar-refractivity contribution in [2.45, 2.75) is 18.6 Å². The van der Waals surface area contributed by atoms with Gasteiger partial charge in [0.1, 0.15) is 10.2 Å².